The summed E-state index contributed by atoms with van der Waals surface area (Å²) in [6.45, 7) is 0. The first-order valence-corrected chi connectivity index (χ1v) is 5.07. The molecule has 1 N–H and O–H groups in total. The Morgan fingerprint density at radius 1 is 1.31 bits per heavy atom. The highest BCUT2D eigenvalue weighted by molar-refractivity contribution is 5.30. The zero-order chi connectivity index (χ0) is 11.4. The zero-order valence-electron chi connectivity index (χ0n) is 9.36. The molecule has 0 unspecified atom stereocenters. The lowest BCUT2D eigenvalue weighted by molar-refractivity contribution is 0.414. The van der Waals surface area contributed by atoms with Crippen molar-refractivity contribution in [3.63, 3.8) is 0 Å². The Bertz CT molecular complexity index is 448. The molecule has 1 aromatic heterocycles. The van der Waals surface area contributed by atoms with Gasteiger partial charge in [0.2, 0.25) is 0 Å². The molecule has 0 aliphatic heterocycles. The molecule has 1 heterocycles. The summed E-state index contributed by atoms with van der Waals surface area (Å²) >= 11 is 0. The molecule has 1 aromatic carbocycles. The topological polar surface area (TPSA) is 47.3 Å². The van der Waals surface area contributed by atoms with Crippen LogP contribution in [0.3, 0.4) is 0 Å². The van der Waals surface area contributed by atoms with Gasteiger partial charge >= 0.3 is 0 Å². The fourth-order valence-electron chi connectivity index (χ4n) is 1.45. The highest BCUT2D eigenvalue weighted by atomic mass is 16.5. The normalized spacial score (nSPS) is 10.1. The van der Waals surface area contributed by atoms with Crippen molar-refractivity contribution in [1.82, 2.24) is 4.98 Å². The Kier molecular flexibility index (Phi) is 3.10. The largest absolute Gasteiger partial charge is 0.497 e. The molecule has 0 bridgehead atoms. The smallest absolute Gasteiger partial charge is 0.294 e. The minimum absolute atomic E-state index is 0.545. The first kappa shape index (κ1) is 10.5. The van der Waals surface area contributed by atoms with Crippen molar-refractivity contribution >= 4 is 6.01 Å². The van der Waals surface area contributed by atoms with Crippen LogP contribution < -0.4 is 10.1 Å². The van der Waals surface area contributed by atoms with Gasteiger partial charge in [0, 0.05) is 13.5 Å². The van der Waals surface area contributed by atoms with E-state index in [0.29, 0.717) is 6.01 Å². The molecule has 2 aromatic rings. The molecular weight excluding hydrogens is 204 g/mol. The second-order valence-electron chi connectivity index (χ2n) is 3.41. The van der Waals surface area contributed by atoms with Gasteiger partial charge in [0.1, 0.15) is 11.5 Å². The maximum atomic E-state index is 5.44. The average Bonchev–Trinajstić information content (AvgIpc) is 2.78. The van der Waals surface area contributed by atoms with Gasteiger partial charge in [-0.2, -0.15) is 0 Å². The number of nitrogens with one attached hydrogen (secondary N) is 1. The summed E-state index contributed by atoms with van der Waals surface area (Å²) in [5.74, 6) is 1.70. The number of anilines is 1. The lowest BCUT2D eigenvalue weighted by Crippen LogP contribution is -1.87. The number of rotatable bonds is 4. The van der Waals surface area contributed by atoms with Crippen LogP contribution in [-0.4, -0.2) is 19.1 Å². The zero-order valence-corrected chi connectivity index (χ0v) is 9.36. The van der Waals surface area contributed by atoms with Crippen molar-refractivity contribution in [2.75, 3.05) is 19.5 Å². The summed E-state index contributed by atoms with van der Waals surface area (Å²) < 4.78 is 10.5. The fourth-order valence-corrected chi connectivity index (χ4v) is 1.45. The van der Waals surface area contributed by atoms with Gasteiger partial charge in [0.25, 0.3) is 6.01 Å². The summed E-state index contributed by atoms with van der Waals surface area (Å²) in [5.41, 5.74) is 1.17. The van der Waals surface area contributed by atoms with E-state index in [1.807, 2.05) is 24.3 Å². The summed E-state index contributed by atoms with van der Waals surface area (Å²) in [6.07, 6.45) is 2.47. The summed E-state index contributed by atoms with van der Waals surface area (Å²) in [7, 11) is 3.44. The molecule has 0 radical (unpaired) electrons. The van der Waals surface area contributed by atoms with Crippen LogP contribution in [0.4, 0.5) is 6.01 Å². The first-order chi connectivity index (χ1) is 7.81. The molecule has 4 nitrogen and oxygen atoms in total. The van der Waals surface area contributed by atoms with Gasteiger partial charge in [-0.25, -0.2) is 4.98 Å². The standard InChI is InChI=1S/C12H14N2O2/c1-13-12-14-8-11(16-12)7-9-3-5-10(15-2)6-4-9/h3-6,8H,7H2,1-2H3,(H,13,14). The number of nitrogens with zero attached hydrogens (tertiary/aromatic N) is 1. The maximum absolute atomic E-state index is 5.44. The van der Waals surface area contributed by atoms with Crippen molar-refractivity contribution in [2.24, 2.45) is 0 Å². The van der Waals surface area contributed by atoms with E-state index < -0.39 is 0 Å². The minimum Gasteiger partial charge on any atom is -0.497 e. The third-order valence-corrected chi connectivity index (χ3v) is 2.30. The van der Waals surface area contributed by atoms with Gasteiger partial charge in [-0.1, -0.05) is 12.1 Å². The van der Waals surface area contributed by atoms with Gasteiger partial charge in [-0.3, -0.25) is 0 Å². The van der Waals surface area contributed by atoms with E-state index in [1.54, 1.807) is 20.4 Å². The quantitative estimate of drug-likeness (QED) is 0.855. The summed E-state index contributed by atoms with van der Waals surface area (Å²) in [4.78, 5) is 4.06. The van der Waals surface area contributed by atoms with Gasteiger partial charge in [-0.15, -0.1) is 0 Å². The minimum atomic E-state index is 0.545. The SMILES string of the molecule is CNc1ncc(Cc2ccc(OC)cc2)o1. The first-order valence-electron chi connectivity index (χ1n) is 5.07. The molecule has 0 fully saturated rings. The number of hydrogen-bond donors (Lipinski definition) is 1. The van der Waals surface area contributed by atoms with Gasteiger partial charge < -0.3 is 14.5 Å². The second kappa shape index (κ2) is 4.70. The summed E-state index contributed by atoms with van der Waals surface area (Å²) in [5, 5.41) is 2.85. The van der Waals surface area contributed by atoms with Gasteiger partial charge in [-0.05, 0) is 17.7 Å². The van der Waals surface area contributed by atoms with Gasteiger partial charge in [0.05, 0.1) is 13.3 Å². The van der Waals surface area contributed by atoms with Crippen LogP contribution in [0.15, 0.2) is 34.9 Å². The van der Waals surface area contributed by atoms with E-state index in [0.717, 1.165) is 17.9 Å². The number of aromatic nitrogens is 1. The van der Waals surface area contributed by atoms with Crippen molar-refractivity contribution in [3.05, 3.63) is 41.8 Å². The number of methoxy groups -OCH3 is 1. The number of benzene rings is 1. The molecule has 4 heteroatoms. The Morgan fingerprint density at radius 2 is 2.06 bits per heavy atom. The Hall–Kier alpha value is -1.97. The van der Waals surface area contributed by atoms with Crippen molar-refractivity contribution in [1.29, 1.82) is 0 Å². The van der Waals surface area contributed by atoms with Crippen molar-refractivity contribution < 1.29 is 9.15 Å². The molecule has 84 valence electrons. The molecule has 0 atom stereocenters. The Labute approximate surface area is 94.3 Å². The molecular formula is C12H14N2O2. The highest BCUT2D eigenvalue weighted by Gasteiger charge is 2.03. The average molecular weight is 218 g/mol. The van der Waals surface area contributed by atoms with Crippen LogP contribution in [0.1, 0.15) is 11.3 Å². The number of oxazole rings is 1. The van der Waals surface area contributed by atoms with Crippen LogP contribution in [0.5, 0.6) is 5.75 Å². The lowest BCUT2D eigenvalue weighted by atomic mass is 10.1. The van der Waals surface area contributed by atoms with E-state index in [4.69, 9.17) is 9.15 Å². The van der Waals surface area contributed by atoms with Crippen LogP contribution in [-0.2, 0) is 6.42 Å². The molecule has 0 saturated heterocycles. The Balaban J connectivity index is 2.08. The lowest BCUT2D eigenvalue weighted by Gasteiger charge is -2.01. The second-order valence-corrected chi connectivity index (χ2v) is 3.41. The van der Waals surface area contributed by atoms with E-state index in [9.17, 15) is 0 Å². The fraction of sp³-hybridized carbons (Fsp3) is 0.250. The number of ether oxygens (including phenoxy) is 1. The highest BCUT2D eigenvalue weighted by Crippen LogP contribution is 2.16. The van der Waals surface area contributed by atoms with Crippen LogP contribution in [0.2, 0.25) is 0 Å². The van der Waals surface area contributed by atoms with E-state index >= 15 is 0 Å². The maximum Gasteiger partial charge on any atom is 0.294 e. The number of hydrogen-bond acceptors (Lipinski definition) is 4. The molecule has 0 spiro atoms. The van der Waals surface area contributed by atoms with Crippen LogP contribution in [0, 0.1) is 0 Å². The van der Waals surface area contributed by atoms with Crippen LogP contribution in [0.25, 0.3) is 0 Å². The molecule has 16 heavy (non-hydrogen) atoms. The monoisotopic (exact) mass is 218 g/mol. The molecule has 2 rings (SSSR count). The summed E-state index contributed by atoms with van der Waals surface area (Å²) in [6, 6.07) is 8.44. The predicted octanol–water partition coefficient (Wildman–Crippen LogP) is 2.32. The molecule has 0 aliphatic carbocycles. The molecule has 0 saturated carbocycles. The third-order valence-electron chi connectivity index (χ3n) is 2.30. The van der Waals surface area contributed by atoms with Crippen molar-refractivity contribution in [2.45, 2.75) is 6.42 Å². The molecule has 0 amide bonds. The van der Waals surface area contributed by atoms with E-state index in [2.05, 4.69) is 10.3 Å². The Morgan fingerprint density at radius 3 is 2.62 bits per heavy atom. The van der Waals surface area contributed by atoms with E-state index in [1.165, 1.54) is 5.56 Å². The van der Waals surface area contributed by atoms with Crippen LogP contribution >= 0.6 is 0 Å². The molecule has 0 aliphatic rings. The third kappa shape index (κ3) is 2.34. The predicted molar refractivity (Wildman–Crippen MR) is 61.8 cm³/mol. The van der Waals surface area contributed by atoms with E-state index in [-0.39, 0.29) is 0 Å². The van der Waals surface area contributed by atoms with Crippen molar-refractivity contribution in [3.8, 4) is 5.75 Å². The van der Waals surface area contributed by atoms with Gasteiger partial charge in [0.15, 0.2) is 0 Å².